The lowest BCUT2D eigenvalue weighted by molar-refractivity contribution is -0.117. The van der Waals surface area contributed by atoms with Crippen LogP contribution in [0.15, 0.2) is 118 Å². The predicted octanol–water partition coefficient (Wildman–Crippen LogP) is 5.96. The van der Waals surface area contributed by atoms with Crippen molar-refractivity contribution >= 4 is 40.0 Å². The van der Waals surface area contributed by atoms with E-state index in [2.05, 4.69) is 31.8 Å². The molecule has 7 nitrogen and oxygen atoms in total. The number of carbonyl (C=O) groups is 2. The highest BCUT2D eigenvalue weighted by Gasteiger charge is 2.14. The van der Waals surface area contributed by atoms with Crippen molar-refractivity contribution in [3.8, 4) is 11.5 Å². The Morgan fingerprint density at radius 1 is 0.897 bits per heavy atom. The van der Waals surface area contributed by atoms with Gasteiger partial charge < -0.3 is 14.8 Å². The SMILES string of the molecule is COc1ccc(/C=C(\NC(=O)c2ccccc2)C(=O)N/N=C/c2ccccc2OCc2cccc(Br)c2)cc1. The molecule has 0 bridgehead atoms. The fourth-order valence-corrected chi connectivity index (χ4v) is 3.98. The molecule has 0 saturated heterocycles. The van der Waals surface area contributed by atoms with Crippen LogP contribution in [0, 0.1) is 0 Å². The Labute approximate surface area is 235 Å². The Morgan fingerprint density at radius 2 is 1.64 bits per heavy atom. The first kappa shape index (κ1) is 27.3. The van der Waals surface area contributed by atoms with Crippen LogP contribution in [-0.2, 0) is 11.4 Å². The van der Waals surface area contributed by atoms with E-state index in [-0.39, 0.29) is 5.70 Å². The summed E-state index contributed by atoms with van der Waals surface area (Å²) in [5.74, 6) is 0.290. The molecule has 8 heteroatoms. The number of methoxy groups -OCH3 is 1. The zero-order valence-corrected chi connectivity index (χ0v) is 22.7. The second-order valence-corrected chi connectivity index (χ2v) is 9.22. The molecule has 196 valence electrons. The second kappa shape index (κ2) is 13.7. The molecule has 0 spiro atoms. The average molecular weight is 584 g/mol. The van der Waals surface area contributed by atoms with Gasteiger partial charge in [0.25, 0.3) is 11.8 Å². The number of hydrazone groups is 1. The number of halogens is 1. The number of rotatable bonds is 10. The molecule has 0 unspecified atom stereocenters. The third kappa shape index (κ3) is 8.15. The van der Waals surface area contributed by atoms with Gasteiger partial charge in [0, 0.05) is 15.6 Å². The molecule has 0 radical (unpaired) electrons. The number of amides is 2. The first-order chi connectivity index (χ1) is 19.0. The van der Waals surface area contributed by atoms with Crippen LogP contribution in [-0.4, -0.2) is 25.1 Å². The van der Waals surface area contributed by atoms with E-state index in [0.29, 0.717) is 34.8 Å². The van der Waals surface area contributed by atoms with Crippen molar-refractivity contribution in [2.45, 2.75) is 6.61 Å². The van der Waals surface area contributed by atoms with Gasteiger partial charge in [-0.15, -0.1) is 0 Å². The first-order valence-electron chi connectivity index (χ1n) is 12.0. The lowest BCUT2D eigenvalue weighted by Gasteiger charge is -2.10. The van der Waals surface area contributed by atoms with Gasteiger partial charge in [0.15, 0.2) is 0 Å². The van der Waals surface area contributed by atoms with Crippen LogP contribution in [0.25, 0.3) is 6.08 Å². The number of para-hydroxylation sites is 1. The summed E-state index contributed by atoms with van der Waals surface area (Å²) in [5, 5.41) is 6.81. The Kier molecular flexibility index (Phi) is 9.63. The Balaban J connectivity index is 1.49. The molecule has 0 aliphatic carbocycles. The summed E-state index contributed by atoms with van der Waals surface area (Å²) >= 11 is 3.46. The summed E-state index contributed by atoms with van der Waals surface area (Å²) in [4.78, 5) is 25.9. The Morgan fingerprint density at radius 3 is 2.38 bits per heavy atom. The van der Waals surface area contributed by atoms with E-state index in [9.17, 15) is 9.59 Å². The van der Waals surface area contributed by atoms with Crippen molar-refractivity contribution in [1.29, 1.82) is 0 Å². The first-order valence-corrected chi connectivity index (χ1v) is 12.8. The van der Waals surface area contributed by atoms with E-state index in [1.54, 1.807) is 61.7 Å². The summed E-state index contributed by atoms with van der Waals surface area (Å²) in [5.41, 5.74) is 5.34. The molecule has 0 heterocycles. The summed E-state index contributed by atoms with van der Waals surface area (Å²) < 4.78 is 12.1. The lowest BCUT2D eigenvalue weighted by Crippen LogP contribution is -2.32. The van der Waals surface area contributed by atoms with Crippen LogP contribution in [0.3, 0.4) is 0 Å². The van der Waals surface area contributed by atoms with E-state index in [0.717, 1.165) is 10.0 Å². The normalized spacial score (nSPS) is 11.2. The van der Waals surface area contributed by atoms with Crippen LogP contribution < -0.4 is 20.2 Å². The molecule has 0 aliphatic heterocycles. The van der Waals surface area contributed by atoms with Crippen LogP contribution >= 0.6 is 15.9 Å². The van der Waals surface area contributed by atoms with Gasteiger partial charge in [-0.25, -0.2) is 5.43 Å². The molecular weight excluding hydrogens is 558 g/mol. The molecule has 2 N–H and O–H groups in total. The molecule has 0 aromatic heterocycles. The van der Waals surface area contributed by atoms with Gasteiger partial charge in [-0.2, -0.15) is 5.10 Å². The average Bonchev–Trinajstić information content (AvgIpc) is 2.97. The minimum Gasteiger partial charge on any atom is -0.497 e. The summed E-state index contributed by atoms with van der Waals surface area (Å²) in [6.07, 6.45) is 3.07. The maximum atomic E-state index is 13.1. The van der Waals surface area contributed by atoms with Crippen LogP contribution in [0.1, 0.15) is 27.0 Å². The Bertz CT molecular complexity index is 1490. The topological polar surface area (TPSA) is 89.0 Å². The predicted molar refractivity (Wildman–Crippen MR) is 156 cm³/mol. The lowest BCUT2D eigenvalue weighted by atomic mass is 10.1. The number of hydrogen-bond acceptors (Lipinski definition) is 5. The smallest absolute Gasteiger partial charge is 0.287 e. The van der Waals surface area contributed by atoms with Gasteiger partial charge in [0.05, 0.1) is 13.3 Å². The second-order valence-electron chi connectivity index (χ2n) is 8.31. The minimum absolute atomic E-state index is 0.0327. The quantitative estimate of drug-likeness (QED) is 0.137. The highest BCUT2D eigenvalue weighted by molar-refractivity contribution is 9.10. The van der Waals surface area contributed by atoms with E-state index in [1.807, 2.05) is 54.6 Å². The van der Waals surface area contributed by atoms with Crippen molar-refractivity contribution in [2.24, 2.45) is 5.10 Å². The molecule has 39 heavy (non-hydrogen) atoms. The molecule has 2 amide bonds. The maximum Gasteiger partial charge on any atom is 0.287 e. The number of hydrogen-bond donors (Lipinski definition) is 2. The highest BCUT2D eigenvalue weighted by atomic mass is 79.9. The van der Waals surface area contributed by atoms with Gasteiger partial charge in [-0.3, -0.25) is 9.59 Å². The van der Waals surface area contributed by atoms with Crippen LogP contribution in [0.4, 0.5) is 0 Å². The number of benzene rings is 4. The molecule has 4 aromatic rings. The van der Waals surface area contributed by atoms with Gasteiger partial charge >= 0.3 is 0 Å². The maximum absolute atomic E-state index is 13.1. The van der Waals surface area contributed by atoms with Crippen molar-refractivity contribution in [1.82, 2.24) is 10.7 Å². The summed E-state index contributed by atoms with van der Waals surface area (Å²) in [7, 11) is 1.58. The van der Waals surface area contributed by atoms with Crippen molar-refractivity contribution in [3.63, 3.8) is 0 Å². The van der Waals surface area contributed by atoms with Gasteiger partial charge in [0.2, 0.25) is 0 Å². The molecule has 0 saturated carbocycles. The summed E-state index contributed by atoms with van der Waals surface area (Å²) in [6, 6.07) is 31.0. The molecule has 0 atom stereocenters. The zero-order chi connectivity index (χ0) is 27.5. The summed E-state index contributed by atoms with van der Waals surface area (Å²) in [6.45, 7) is 0.372. The molecule has 4 aromatic carbocycles. The highest BCUT2D eigenvalue weighted by Crippen LogP contribution is 2.19. The van der Waals surface area contributed by atoms with E-state index < -0.39 is 11.8 Å². The monoisotopic (exact) mass is 583 g/mol. The fraction of sp³-hybridized carbons (Fsp3) is 0.0645. The van der Waals surface area contributed by atoms with E-state index >= 15 is 0 Å². The van der Waals surface area contributed by atoms with Crippen molar-refractivity contribution in [2.75, 3.05) is 7.11 Å². The third-order valence-corrected chi connectivity index (χ3v) is 6.02. The largest absolute Gasteiger partial charge is 0.497 e. The fourth-order valence-electron chi connectivity index (χ4n) is 3.54. The van der Waals surface area contributed by atoms with Gasteiger partial charge in [0.1, 0.15) is 23.8 Å². The van der Waals surface area contributed by atoms with Crippen LogP contribution in [0.5, 0.6) is 11.5 Å². The van der Waals surface area contributed by atoms with Crippen LogP contribution in [0.2, 0.25) is 0 Å². The van der Waals surface area contributed by atoms with Crippen molar-refractivity contribution in [3.05, 3.63) is 136 Å². The van der Waals surface area contributed by atoms with Gasteiger partial charge in [-0.05, 0) is 65.7 Å². The third-order valence-electron chi connectivity index (χ3n) is 5.53. The number of ether oxygens (including phenoxy) is 2. The Hall–Kier alpha value is -4.69. The number of nitrogens with one attached hydrogen (secondary N) is 2. The standard InChI is InChI=1S/C31H26BrN3O4/c1-38-27-16-14-22(15-17-27)19-28(34-30(36)24-9-3-2-4-10-24)31(37)35-33-20-25-11-5-6-13-29(25)39-21-23-8-7-12-26(32)18-23/h2-20H,21H2,1H3,(H,34,36)(H,35,37)/b28-19-,33-20+. The molecule has 4 rings (SSSR count). The molecule has 0 fully saturated rings. The van der Waals surface area contributed by atoms with Gasteiger partial charge in [-0.1, -0.05) is 70.5 Å². The van der Waals surface area contributed by atoms with E-state index in [1.165, 1.54) is 6.21 Å². The minimum atomic E-state index is -0.584. The van der Waals surface area contributed by atoms with Crippen molar-refractivity contribution < 1.29 is 19.1 Å². The number of nitrogens with zero attached hydrogens (tertiary/aromatic N) is 1. The van der Waals surface area contributed by atoms with E-state index in [4.69, 9.17) is 9.47 Å². The zero-order valence-electron chi connectivity index (χ0n) is 21.1. The number of carbonyl (C=O) groups excluding carboxylic acids is 2. The molecular formula is C31H26BrN3O4. The molecule has 0 aliphatic rings.